The average Bonchev–Trinajstić information content (AvgIpc) is 2.80. The fourth-order valence-electron chi connectivity index (χ4n) is 3.02. The van der Waals surface area contributed by atoms with E-state index in [4.69, 9.17) is 18.9 Å². The molecular weight excluding hydrogens is 256 g/mol. The normalized spacial score (nSPS) is 35.1. The number of fused-ring (bicyclic) bond motifs is 1. The van der Waals surface area contributed by atoms with Gasteiger partial charge in [0, 0.05) is 0 Å². The third kappa shape index (κ3) is 2.74. The van der Waals surface area contributed by atoms with E-state index in [1.807, 2.05) is 39.0 Å². The zero-order valence-corrected chi connectivity index (χ0v) is 12.3. The van der Waals surface area contributed by atoms with Crippen LogP contribution in [0.2, 0.25) is 0 Å². The molecular formula is C16H22O4. The van der Waals surface area contributed by atoms with Gasteiger partial charge < -0.3 is 18.9 Å². The molecule has 3 atom stereocenters. The molecule has 2 saturated heterocycles. The molecule has 0 amide bonds. The summed E-state index contributed by atoms with van der Waals surface area (Å²) in [7, 11) is 0. The first-order valence-electron chi connectivity index (χ1n) is 7.10. The van der Waals surface area contributed by atoms with E-state index in [2.05, 4.69) is 12.1 Å². The van der Waals surface area contributed by atoms with E-state index in [1.165, 1.54) is 0 Å². The van der Waals surface area contributed by atoms with Gasteiger partial charge in [-0.15, -0.1) is 0 Å². The van der Waals surface area contributed by atoms with Crippen molar-refractivity contribution >= 4 is 0 Å². The molecule has 0 N–H and O–H groups in total. The first-order valence-corrected chi connectivity index (χ1v) is 7.10. The number of rotatable bonds is 4. The summed E-state index contributed by atoms with van der Waals surface area (Å²) in [5, 5.41) is 0. The molecule has 0 aromatic heterocycles. The minimum Gasteiger partial charge on any atom is -0.374 e. The third-order valence-corrected chi connectivity index (χ3v) is 3.81. The molecule has 2 aliphatic heterocycles. The van der Waals surface area contributed by atoms with Crippen LogP contribution in [0.5, 0.6) is 0 Å². The van der Waals surface area contributed by atoms with E-state index in [0.717, 1.165) is 5.56 Å². The highest BCUT2D eigenvalue weighted by Gasteiger charge is 2.58. The molecule has 20 heavy (non-hydrogen) atoms. The smallest absolute Gasteiger partial charge is 0.164 e. The summed E-state index contributed by atoms with van der Waals surface area (Å²) < 4.78 is 23.5. The predicted octanol–water partition coefficient (Wildman–Crippen LogP) is 2.51. The third-order valence-electron chi connectivity index (χ3n) is 3.81. The van der Waals surface area contributed by atoms with Gasteiger partial charge in [0.25, 0.3) is 0 Å². The van der Waals surface area contributed by atoms with Crippen LogP contribution < -0.4 is 0 Å². The van der Waals surface area contributed by atoms with Crippen molar-refractivity contribution in [1.82, 2.24) is 0 Å². The van der Waals surface area contributed by atoms with Crippen molar-refractivity contribution in [1.29, 1.82) is 0 Å². The van der Waals surface area contributed by atoms with Crippen molar-refractivity contribution in [3.8, 4) is 0 Å². The minimum atomic E-state index is -0.541. The van der Waals surface area contributed by atoms with Crippen LogP contribution in [0.15, 0.2) is 30.3 Å². The molecule has 4 heteroatoms. The summed E-state index contributed by atoms with van der Waals surface area (Å²) in [5.74, 6) is -0.541. The average molecular weight is 278 g/mol. The van der Waals surface area contributed by atoms with Gasteiger partial charge in [-0.05, 0) is 26.3 Å². The molecule has 3 rings (SSSR count). The van der Waals surface area contributed by atoms with Crippen LogP contribution in [0.25, 0.3) is 0 Å². The Kier molecular flexibility index (Phi) is 3.58. The summed E-state index contributed by atoms with van der Waals surface area (Å²) in [6.07, 6.45) is -0.126. The Morgan fingerprint density at radius 2 is 1.95 bits per heavy atom. The van der Waals surface area contributed by atoms with Gasteiger partial charge in [-0.3, -0.25) is 0 Å². The second-order valence-electron chi connectivity index (χ2n) is 6.20. The second kappa shape index (κ2) is 5.11. The molecule has 110 valence electrons. The van der Waals surface area contributed by atoms with Crippen molar-refractivity contribution in [2.75, 3.05) is 13.2 Å². The Morgan fingerprint density at radius 1 is 1.20 bits per heavy atom. The molecule has 1 aromatic carbocycles. The van der Waals surface area contributed by atoms with E-state index in [0.29, 0.717) is 19.8 Å². The van der Waals surface area contributed by atoms with Crippen LogP contribution in [0, 0.1) is 0 Å². The van der Waals surface area contributed by atoms with Gasteiger partial charge in [-0.1, -0.05) is 30.3 Å². The monoisotopic (exact) mass is 278 g/mol. The molecule has 0 bridgehead atoms. The van der Waals surface area contributed by atoms with Crippen molar-refractivity contribution < 1.29 is 18.9 Å². The first-order chi connectivity index (χ1) is 9.49. The predicted molar refractivity (Wildman–Crippen MR) is 74.3 cm³/mol. The maximum atomic E-state index is 5.96. The van der Waals surface area contributed by atoms with Gasteiger partial charge in [0.05, 0.1) is 19.8 Å². The molecule has 2 heterocycles. The zero-order valence-electron chi connectivity index (χ0n) is 12.3. The van der Waals surface area contributed by atoms with Crippen LogP contribution in [0.1, 0.15) is 26.3 Å². The maximum absolute atomic E-state index is 5.96. The summed E-state index contributed by atoms with van der Waals surface area (Å²) in [6.45, 7) is 7.60. The summed E-state index contributed by atoms with van der Waals surface area (Å²) >= 11 is 0. The fourth-order valence-corrected chi connectivity index (χ4v) is 3.02. The van der Waals surface area contributed by atoms with Crippen LogP contribution in [-0.2, 0) is 25.6 Å². The highest BCUT2D eigenvalue weighted by atomic mass is 16.8. The fraction of sp³-hybridized carbons (Fsp3) is 0.625. The van der Waals surface area contributed by atoms with E-state index in [1.54, 1.807) is 0 Å². The molecule has 2 fully saturated rings. The number of benzene rings is 1. The second-order valence-corrected chi connectivity index (χ2v) is 6.20. The van der Waals surface area contributed by atoms with Crippen molar-refractivity contribution in [3.05, 3.63) is 35.9 Å². The van der Waals surface area contributed by atoms with E-state index < -0.39 is 5.79 Å². The van der Waals surface area contributed by atoms with Crippen molar-refractivity contribution in [3.63, 3.8) is 0 Å². The van der Waals surface area contributed by atoms with E-state index in [9.17, 15) is 0 Å². The molecule has 0 spiro atoms. The lowest BCUT2D eigenvalue weighted by atomic mass is 10.00. The van der Waals surface area contributed by atoms with Crippen LogP contribution in [0.3, 0.4) is 0 Å². The Balaban J connectivity index is 1.54. The van der Waals surface area contributed by atoms with Crippen molar-refractivity contribution in [2.24, 2.45) is 0 Å². The Morgan fingerprint density at radius 3 is 2.70 bits per heavy atom. The Labute approximate surface area is 120 Å². The SMILES string of the molecule is CC1(C)O[C@@H]2[C@@H](COCc3ccccc3)OC[C@]2(C)O1. The lowest BCUT2D eigenvalue weighted by Crippen LogP contribution is -2.39. The molecule has 0 saturated carbocycles. The lowest BCUT2D eigenvalue weighted by Gasteiger charge is -2.22. The van der Waals surface area contributed by atoms with Crippen molar-refractivity contribution in [2.45, 2.75) is 51.0 Å². The first kappa shape index (κ1) is 14.0. The van der Waals surface area contributed by atoms with Gasteiger partial charge in [0.1, 0.15) is 17.8 Å². The zero-order chi connectivity index (χ0) is 14.2. The van der Waals surface area contributed by atoms with Gasteiger partial charge in [0.2, 0.25) is 0 Å². The van der Waals surface area contributed by atoms with Crippen LogP contribution in [-0.4, -0.2) is 36.8 Å². The van der Waals surface area contributed by atoms with Gasteiger partial charge in [-0.25, -0.2) is 0 Å². The largest absolute Gasteiger partial charge is 0.374 e. The molecule has 0 unspecified atom stereocenters. The lowest BCUT2D eigenvalue weighted by molar-refractivity contribution is -0.191. The Hall–Kier alpha value is -0.940. The molecule has 0 aliphatic carbocycles. The summed E-state index contributed by atoms with van der Waals surface area (Å²) in [6, 6.07) is 10.1. The summed E-state index contributed by atoms with van der Waals surface area (Å²) in [5.41, 5.74) is 0.807. The van der Waals surface area contributed by atoms with Gasteiger partial charge in [-0.2, -0.15) is 0 Å². The number of ether oxygens (including phenoxy) is 4. The topological polar surface area (TPSA) is 36.9 Å². The Bertz CT molecular complexity index is 459. The molecule has 1 aromatic rings. The molecule has 4 nitrogen and oxygen atoms in total. The standard InChI is InChI=1S/C16H22O4/c1-15(2)19-14-13(18-11-16(14,3)20-15)10-17-9-12-7-5-4-6-8-12/h4-8,13-14H,9-11H2,1-3H3/t13-,14-,16+/m1/s1. The van der Waals surface area contributed by atoms with E-state index in [-0.39, 0.29) is 17.8 Å². The van der Waals surface area contributed by atoms with Crippen LogP contribution in [0.4, 0.5) is 0 Å². The van der Waals surface area contributed by atoms with E-state index >= 15 is 0 Å². The number of hydrogen-bond acceptors (Lipinski definition) is 4. The van der Waals surface area contributed by atoms with Gasteiger partial charge >= 0.3 is 0 Å². The maximum Gasteiger partial charge on any atom is 0.164 e. The summed E-state index contributed by atoms with van der Waals surface area (Å²) in [4.78, 5) is 0. The highest BCUT2D eigenvalue weighted by Crippen LogP contribution is 2.42. The molecule has 2 aliphatic rings. The van der Waals surface area contributed by atoms with Crippen LogP contribution >= 0.6 is 0 Å². The van der Waals surface area contributed by atoms with Gasteiger partial charge in [0.15, 0.2) is 5.79 Å². The number of hydrogen-bond donors (Lipinski definition) is 0. The minimum absolute atomic E-state index is 0.0618. The molecule has 0 radical (unpaired) electrons. The highest BCUT2D eigenvalue weighted by molar-refractivity contribution is 5.13. The quantitative estimate of drug-likeness (QED) is 0.848.